The fourth-order valence-electron chi connectivity index (χ4n) is 3.43. The Balaban J connectivity index is 1.71. The first-order valence-electron chi connectivity index (χ1n) is 9.15. The van der Waals surface area contributed by atoms with E-state index in [-0.39, 0.29) is 23.5 Å². The number of anilines is 1. The largest absolute Gasteiger partial charge is 0.366 e. The maximum Gasteiger partial charge on any atom is 0.254 e. The molecule has 144 valence electrons. The molecule has 1 unspecified atom stereocenters. The van der Waals surface area contributed by atoms with Gasteiger partial charge < -0.3 is 10.2 Å². The lowest BCUT2D eigenvalue weighted by molar-refractivity contribution is 0.0708. The Kier molecular flexibility index (Phi) is 5.79. The minimum Gasteiger partial charge on any atom is -0.366 e. The third-order valence-corrected chi connectivity index (χ3v) is 6.56. The summed E-state index contributed by atoms with van der Waals surface area (Å²) in [6.07, 6.45) is 2.11. The van der Waals surface area contributed by atoms with Crippen molar-refractivity contribution in [1.82, 2.24) is 9.88 Å². The van der Waals surface area contributed by atoms with Gasteiger partial charge in [0.15, 0.2) is 9.84 Å². The molecule has 1 fully saturated rings. The van der Waals surface area contributed by atoms with Gasteiger partial charge in [-0.25, -0.2) is 13.4 Å². The van der Waals surface area contributed by atoms with Crippen LogP contribution in [0, 0.1) is 6.92 Å². The van der Waals surface area contributed by atoms with Gasteiger partial charge in [0.1, 0.15) is 5.82 Å². The average Bonchev–Trinajstić information content (AvgIpc) is 3.00. The van der Waals surface area contributed by atoms with E-state index in [1.54, 1.807) is 23.2 Å². The van der Waals surface area contributed by atoms with E-state index in [2.05, 4.69) is 16.4 Å². The second kappa shape index (κ2) is 8.08. The van der Waals surface area contributed by atoms with Crippen molar-refractivity contribution in [2.24, 2.45) is 0 Å². The highest BCUT2D eigenvalue weighted by atomic mass is 32.2. The fraction of sp³-hybridized carbons (Fsp3) is 0.400. The first-order valence-corrected chi connectivity index (χ1v) is 11.0. The smallest absolute Gasteiger partial charge is 0.254 e. The zero-order valence-electron chi connectivity index (χ0n) is 15.7. The van der Waals surface area contributed by atoms with Crippen molar-refractivity contribution in [2.75, 3.05) is 23.4 Å². The normalized spacial score (nSPS) is 18.2. The van der Waals surface area contributed by atoms with Gasteiger partial charge in [-0.1, -0.05) is 29.8 Å². The van der Waals surface area contributed by atoms with Crippen molar-refractivity contribution in [3.05, 3.63) is 59.3 Å². The molecular weight excluding hydrogens is 362 g/mol. The van der Waals surface area contributed by atoms with Crippen molar-refractivity contribution in [2.45, 2.75) is 32.9 Å². The second-order valence-corrected chi connectivity index (χ2v) is 9.15. The lowest BCUT2D eigenvalue weighted by atomic mass is 10.1. The van der Waals surface area contributed by atoms with Gasteiger partial charge in [-0.15, -0.1) is 0 Å². The Labute approximate surface area is 160 Å². The number of sulfone groups is 1. The molecule has 1 aromatic carbocycles. The van der Waals surface area contributed by atoms with Crippen LogP contribution < -0.4 is 5.32 Å². The van der Waals surface area contributed by atoms with E-state index in [9.17, 15) is 13.2 Å². The van der Waals surface area contributed by atoms with Crippen molar-refractivity contribution in [3.8, 4) is 0 Å². The Morgan fingerprint density at radius 1 is 1.30 bits per heavy atom. The number of rotatable bonds is 6. The zero-order chi connectivity index (χ0) is 19.4. The van der Waals surface area contributed by atoms with Crippen LogP contribution in [0.1, 0.15) is 34.8 Å². The van der Waals surface area contributed by atoms with E-state index in [0.717, 1.165) is 5.56 Å². The van der Waals surface area contributed by atoms with E-state index in [0.29, 0.717) is 30.9 Å². The highest BCUT2D eigenvalue weighted by Crippen LogP contribution is 2.20. The third kappa shape index (κ3) is 4.86. The molecule has 0 aliphatic carbocycles. The molecule has 1 N–H and O–H groups in total. The van der Waals surface area contributed by atoms with Gasteiger partial charge >= 0.3 is 0 Å². The number of nitrogens with zero attached hydrogens (tertiary/aromatic N) is 2. The average molecular weight is 388 g/mol. The highest BCUT2D eigenvalue weighted by Gasteiger charge is 2.34. The minimum absolute atomic E-state index is 0.0517. The molecule has 1 aliphatic rings. The number of benzene rings is 1. The van der Waals surface area contributed by atoms with Crippen LogP contribution in [-0.4, -0.2) is 48.3 Å². The van der Waals surface area contributed by atoms with E-state index < -0.39 is 9.84 Å². The molecule has 1 atom stereocenters. The van der Waals surface area contributed by atoms with E-state index in [1.165, 1.54) is 5.56 Å². The van der Waals surface area contributed by atoms with Crippen LogP contribution in [-0.2, 0) is 16.4 Å². The number of carbonyl (C=O) groups excluding carboxylic acids is 1. The lowest BCUT2D eigenvalue weighted by Gasteiger charge is -2.27. The topological polar surface area (TPSA) is 79.4 Å². The number of aromatic nitrogens is 1. The number of amides is 1. The second-order valence-electron chi connectivity index (χ2n) is 6.92. The number of aryl methyl sites for hydroxylation is 1. The fourth-order valence-corrected chi connectivity index (χ4v) is 5.16. The van der Waals surface area contributed by atoms with Gasteiger partial charge in [0.25, 0.3) is 5.91 Å². The molecule has 0 radical (unpaired) electrons. The summed E-state index contributed by atoms with van der Waals surface area (Å²) < 4.78 is 23.5. The molecule has 1 amide bonds. The lowest BCUT2D eigenvalue weighted by Crippen LogP contribution is -2.41. The first-order chi connectivity index (χ1) is 12.9. The maximum absolute atomic E-state index is 12.9. The number of hydrogen-bond donors (Lipinski definition) is 1. The molecule has 2 aromatic rings. The molecule has 1 aliphatic heterocycles. The van der Waals surface area contributed by atoms with Crippen LogP contribution in [0.2, 0.25) is 0 Å². The SMILES string of the molecule is CCN(C(=O)c1ccnc(NCc2cccc(C)c2)c1)C1CCS(=O)(=O)C1. The first kappa shape index (κ1) is 19.4. The Morgan fingerprint density at radius 2 is 2.11 bits per heavy atom. The third-order valence-electron chi connectivity index (χ3n) is 4.81. The van der Waals surface area contributed by atoms with Gasteiger partial charge in [0.05, 0.1) is 11.5 Å². The number of hydrogen-bond acceptors (Lipinski definition) is 5. The van der Waals surface area contributed by atoms with Gasteiger partial charge in [-0.3, -0.25) is 4.79 Å². The van der Waals surface area contributed by atoms with Crippen LogP contribution in [0.3, 0.4) is 0 Å². The number of pyridine rings is 1. The summed E-state index contributed by atoms with van der Waals surface area (Å²) in [5.41, 5.74) is 2.85. The predicted octanol–water partition coefficient (Wildman–Crippen LogP) is 2.65. The van der Waals surface area contributed by atoms with Gasteiger partial charge in [0, 0.05) is 30.9 Å². The highest BCUT2D eigenvalue weighted by molar-refractivity contribution is 7.91. The molecule has 0 saturated carbocycles. The van der Waals surface area contributed by atoms with E-state index in [4.69, 9.17) is 0 Å². The van der Waals surface area contributed by atoms with E-state index in [1.807, 2.05) is 32.0 Å². The Morgan fingerprint density at radius 3 is 2.78 bits per heavy atom. The standard InChI is InChI=1S/C20H25N3O3S/c1-3-23(18-8-10-27(25,26)14-18)20(24)17-7-9-21-19(12-17)22-13-16-6-4-5-15(2)11-16/h4-7,9,11-12,18H,3,8,10,13-14H2,1-2H3,(H,21,22). The molecular formula is C20H25N3O3S. The van der Waals surface area contributed by atoms with Crippen molar-refractivity contribution in [1.29, 1.82) is 0 Å². The summed E-state index contributed by atoms with van der Waals surface area (Å²) in [6, 6.07) is 11.3. The summed E-state index contributed by atoms with van der Waals surface area (Å²) >= 11 is 0. The van der Waals surface area contributed by atoms with Gasteiger partial charge in [-0.05, 0) is 38.0 Å². The maximum atomic E-state index is 12.9. The summed E-state index contributed by atoms with van der Waals surface area (Å²) in [5, 5.41) is 3.25. The minimum atomic E-state index is -3.04. The molecule has 27 heavy (non-hydrogen) atoms. The molecule has 7 heteroatoms. The van der Waals surface area contributed by atoms with Crippen molar-refractivity contribution < 1.29 is 13.2 Å². The summed E-state index contributed by atoms with van der Waals surface area (Å²) in [4.78, 5) is 18.9. The quantitative estimate of drug-likeness (QED) is 0.824. The number of nitrogens with one attached hydrogen (secondary N) is 1. The monoisotopic (exact) mass is 387 g/mol. The molecule has 0 bridgehead atoms. The predicted molar refractivity (Wildman–Crippen MR) is 107 cm³/mol. The van der Waals surface area contributed by atoms with Gasteiger partial charge in [0.2, 0.25) is 0 Å². The van der Waals surface area contributed by atoms with E-state index >= 15 is 0 Å². The van der Waals surface area contributed by atoms with Crippen LogP contribution in [0.4, 0.5) is 5.82 Å². The Hall–Kier alpha value is -2.41. The van der Waals surface area contributed by atoms with Crippen LogP contribution in [0.25, 0.3) is 0 Å². The molecule has 0 spiro atoms. The van der Waals surface area contributed by atoms with Crippen molar-refractivity contribution >= 4 is 21.6 Å². The van der Waals surface area contributed by atoms with Crippen LogP contribution >= 0.6 is 0 Å². The molecule has 1 aromatic heterocycles. The molecule has 3 rings (SSSR count). The number of carbonyl (C=O) groups is 1. The summed E-state index contributed by atoms with van der Waals surface area (Å²) in [6.45, 7) is 5.02. The van der Waals surface area contributed by atoms with Crippen LogP contribution in [0.5, 0.6) is 0 Å². The molecule has 2 heterocycles. The molecule has 6 nitrogen and oxygen atoms in total. The molecule has 1 saturated heterocycles. The summed E-state index contributed by atoms with van der Waals surface area (Å²) in [7, 11) is -3.04. The van der Waals surface area contributed by atoms with Crippen LogP contribution in [0.15, 0.2) is 42.6 Å². The summed E-state index contributed by atoms with van der Waals surface area (Å²) in [5.74, 6) is 0.676. The zero-order valence-corrected chi connectivity index (χ0v) is 16.5. The van der Waals surface area contributed by atoms with Gasteiger partial charge in [-0.2, -0.15) is 0 Å². The van der Waals surface area contributed by atoms with Crippen molar-refractivity contribution in [3.63, 3.8) is 0 Å². The Bertz CT molecular complexity index is 928.